The molecule has 0 spiro atoms. The molecule has 0 saturated carbocycles. The number of nitrogens with one attached hydrogen (secondary N) is 2. The Bertz CT molecular complexity index is 575. The zero-order chi connectivity index (χ0) is 14.5. The second-order valence-corrected chi connectivity index (χ2v) is 5.98. The first-order valence-electron chi connectivity index (χ1n) is 6.60. The smallest absolute Gasteiger partial charge is 0.238 e. The molecule has 1 heterocycles. The van der Waals surface area contributed by atoms with Crippen molar-refractivity contribution in [3.8, 4) is 11.3 Å². The molecule has 2 rings (SSSR count). The standard InChI is InChI=1S/C15H19N3OS/c1-10(2)16-8-15(19)18-13-6-4-12(5-7-13)14-9-20-11(3)17-14/h4-7,9-10,16H,8H2,1-3H3,(H,18,19). The fraction of sp³-hybridized carbons (Fsp3) is 0.333. The monoisotopic (exact) mass is 289 g/mol. The molecule has 5 heteroatoms. The average molecular weight is 289 g/mol. The summed E-state index contributed by atoms with van der Waals surface area (Å²) in [6.45, 7) is 6.34. The molecule has 2 aromatic rings. The summed E-state index contributed by atoms with van der Waals surface area (Å²) >= 11 is 1.63. The summed E-state index contributed by atoms with van der Waals surface area (Å²) in [5.41, 5.74) is 2.84. The van der Waals surface area contributed by atoms with Crippen molar-refractivity contribution in [3.63, 3.8) is 0 Å². The van der Waals surface area contributed by atoms with Gasteiger partial charge in [0, 0.05) is 22.7 Å². The molecule has 1 aromatic carbocycles. The van der Waals surface area contributed by atoms with Gasteiger partial charge in [-0.05, 0) is 19.1 Å². The fourth-order valence-electron chi connectivity index (χ4n) is 1.72. The van der Waals surface area contributed by atoms with Crippen LogP contribution in [0.25, 0.3) is 11.3 Å². The van der Waals surface area contributed by atoms with Gasteiger partial charge in [-0.1, -0.05) is 26.0 Å². The molecule has 2 N–H and O–H groups in total. The van der Waals surface area contributed by atoms with E-state index in [1.165, 1.54) is 0 Å². The molecule has 0 aliphatic heterocycles. The van der Waals surface area contributed by atoms with Crippen molar-refractivity contribution in [3.05, 3.63) is 34.7 Å². The Labute approximate surface area is 123 Å². The van der Waals surface area contributed by atoms with Crippen LogP contribution in [0, 0.1) is 6.92 Å². The second-order valence-electron chi connectivity index (χ2n) is 4.91. The van der Waals surface area contributed by atoms with Crippen molar-refractivity contribution in [2.45, 2.75) is 26.8 Å². The molecule has 0 saturated heterocycles. The maximum atomic E-state index is 11.7. The van der Waals surface area contributed by atoms with Gasteiger partial charge in [-0.25, -0.2) is 4.98 Å². The highest BCUT2D eigenvalue weighted by atomic mass is 32.1. The summed E-state index contributed by atoms with van der Waals surface area (Å²) in [6, 6.07) is 8.05. The molecule has 0 aliphatic rings. The van der Waals surface area contributed by atoms with Gasteiger partial charge in [-0.2, -0.15) is 0 Å². The number of hydrogen-bond donors (Lipinski definition) is 2. The Hall–Kier alpha value is -1.72. The highest BCUT2D eigenvalue weighted by Gasteiger charge is 2.05. The summed E-state index contributed by atoms with van der Waals surface area (Å²) < 4.78 is 0. The van der Waals surface area contributed by atoms with E-state index in [1.807, 2.05) is 50.4 Å². The van der Waals surface area contributed by atoms with E-state index in [1.54, 1.807) is 11.3 Å². The number of anilines is 1. The number of benzene rings is 1. The number of carbonyl (C=O) groups excluding carboxylic acids is 1. The summed E-state index contributed by atoms with van der Waals surface area (Å²) in [5, 5.41) is 9.04. The van der Waals surface area contributed by atoms with E-state index >= 15 is 0 Å². The number of rotatable bonds is 5. The lowest BCUT2D eigenvalue weighted by Crippen LogP contribution is -2.32. The molecule has 0 radical (unpaired) electrons. The Morgan fingerprint density at radius 3 is 2.55 bits per heavy atom. The van der Waals surface area contributed by atoms with Gasteiger partial charge in [0.25, 0.3) is 0 Å². The topological polar surface area (TPSA) is 54.0 Å². The maximum Gasteiger partial charge on any atom is 0.238 e. The number of hydrogen-bond acceptors (Lipinski definition) is 4. The van der Waals surface area contributed by atoms with Gasteiger partial charge in [0.05, 0.1) is 17.2 Å². The summed E-state index contributed by atoms with van der Waals surface area (Å²) in [7, 11) is 0. The van der Waals surface area contributed by atoms with Crippen LogP contribution in [0.3, 0.4) is 0 Å². The highest BCUT2D eigenvalue weighted by molar-refractivity contribution is 7.09. The number of amides is 1. The molecule has 20 heavy (non-hydrogen) atoms. The molecule has 0 unspecified atom stereocenters. The molecule has 0 aliphatic carbocycles. The highest BCUT2D eigenvalue weighted by Crippen LogP contribution is 2.22. The molecule has 0 fully saturated rings. The normalized spacial score (nSPS) is 10.8. The molecule has 106 valence electrons. The van der Waals surface area contributed by atoms with Gasteiger partial charge >= 0.3 is 0 Å². The van der Waals surface area contributed by atoms with E-state index in [0.29, 0.717) is 12.6 Å². The number of nitrogens with zero attached hydrogens (tertiary/aromatic N) is 1. The average Bonchev–Trinajstić information content (AvgIpc) is 2.84. The Morgan fingerprint density at radius 1 is 1.30 bits per heavy atom. The zero-order valence-corrected chi connectivity index (χ0v) is 12.8. The van der Waals surface area contributed by atoms with Crippen LogP contribution < -0.4 is 10.6 Å². The lowest BCUT2D eigenvalue weighted by Gasteiger charge is -2.09. The molecule has 1 aromatic heterocycles. The molecule has 1 amide bonds. The molecular weight excluding hydrogens is 270 g/mol. The van der Waals surface area contributed by atoms with Crippen LogP contribution in [0.15, 0.2) is 29.6 Å². The second kappa shape index (κ2) is 6.63. The van der Waals surface area contributed by atoms with Crippen LogP contribution in [0.5, 0.6) is 0 Å². The summed E-state index contributed by atoms with van der Waals surface area (Å²) in [4.78, 5) is 16.1. The van der Waals surface area contributed by atoms with E-state index in [9.17, 15) is 4.79 Å². The summed E-state index contributed by atoms with van der Waals surface area (Å²) in [6.07, 6.45) is 0. The third kappa shape index (κ3) is 4.15. The Kier molecular flexibility index (Phi) is 4.87. The summed E-state index contributed by atoms with van der Waals surface area (Å²) in [5.74, 6) is -0.0315. The van der Waals surface area contributed by atoms with Crippen LogP contribution in [0.2, 0.25) is 0 Å². The van der Waals surface area contributed by atoms with Crippen LogP contribution >= 0.6 is 11.3 Å². The SMILES string of the molecule is Cc1nc(-c2ccc(NC(=O)CNC(C)C)cc2)cs1. The predicted molar refractivity (Wildman–Crippen MR) is 84.1 cm³/mol. The van der Waals surface area contributed by atoms with Crippen molar-refractivity contribution in [1.82, 2.24) is 10.3 Å². The Balaban J connectivity index is 1.96. The first kappa shape index (κ1) is 14.7. The number of thiazole rings is 1. The lowest BCUT2D eigenvalue weighted by molar-refractivity contribution is -0.115. The number of carbonyl (C=O) groups is 1. The third-order valence-electron chi connectivity index (χ3n) is 2.75. The zero-order valence-electron chi connectivity index (χ0n) is 11.9. The van der Waals surface area contributed by atoms with Crippen molar-refractivity contribution in [1.29, 1.82) is 0 Å². The first-order valence-corrected chi connectivity index (χ1v) is 7.48. The number of aryl methyl sites for hydroxylation is 1. The minimum Gasteiger partial charge on any atom is -0.325 e. The molecule has 0 bridgehead atoms. The predicted octanol–water partition coefficient (Wildman–Crippen LogP) is 3.06. The third-order valence-corrected chi connectivity index (χ3v) is 3.53. The van der Waals surface area contributed by atoms with Crippen LogP contribution in [-0.2, 0) is 4.79 Å². The van der Waals surface area contributed by atoms with Crippen LogP contribution in [-0.4, -0.2) is 23.5 Å². The van der Waals surface area contributed by atoms with E-state index in [0.717, 1.165) is 22.0 Å². The maximum absolute atomic E-state index is 11.7. The number of aromatic nitrogens is 1. The van der Waals surface area contributed by atoms with Crippen LogP contribution in [0.1, 0.15) is 18.9 Å². The van der Waals surface area contributed by atoms with Crippen molar-refractivity contribution >= 4 is 22.9 Å². The molecular formula is C15H19N3OS. The van der Waals surface area contributed by atoms with Crippen LogP contribution in [0.4, 0.5) is 5.69 Å². The quantitative estimate of drug-likeness (QED) is 0.889. The van der Waals surface area contributed by atoms with E-state index in [4.69, 9.17) is 0 Å². The van der Waals surface area contributed by atoms with Gasteiger partial charge < -0.3 is 10.6 Å². The first-order chi connectivity index (χ1) is 9.54. The van der Waals surface area contributed by atoms with Gasteiger partial charge in [-0.3, -0.25) is 4.79 Å². The van der Waals surface area contributed by atoms with E-state index < -0.39 is 0 Å². The minimum atomic E-state index is -0.0315. The van der Waals surface area contributed by atoms with Gasteiger partial charge in [-0.15, -0.1) is 11.3 Å². The lowest BCUT2D eigenvalue weighted by atomic mass is 10.1. The van der Waals surface area contributed by atoms with Crippen molar-refractivity contribution < 1.29 is 4.79 Å². The van der Waals surface area contributed by atoms with E-state index in [-0.39, 0.29) is 5.91 Å². The molecule has 0 atom stereocenters. The van der Waals surface area contributed by atoms with Gasteiger partial charge in [0.2, 0.25) is 5.91 Å². The van der Waals surface area contributed by atoms with Gasteiger partial charge in [0.15, 0.2) is 0 Å². The van der Waals surface area contributed by atoms with Gasteiger partial charge in [0.1, 0.15) is 0 Å². The van der Waals surface area contributed by atoms with E-state index in [2.05, 4.69) is 15.6 Å². The van der Waals surface area contributed by atoms with Crippen molar-refractivity contribution in [2.75, 3.05) is 11.9 Å². The van der Waals surface area contributed by atoms with Crippen molar-refractivity contribution in [2.24, 2.45) is 0 Å². The molecule has 4 nitrogen and oxygen atoms in total. The Morgan fingerprint density at radius 2 is 2.00 bits per heavy atom. The minimum absolute atomic E-state index is 0.0315. The largest absolute Gasteiger partial charge is 0.325 e. The fourth-order valence-corrected chi connectivity index (χ4v) is 2.34.